The predicted octanol–water partition coefficient (Wildman–Crippen LogP) is 2.82. The number of nitrogens with zero attached hydrogens (tertiary/aromatic N) is 3. The van der Waals surface area contributed by atoms with Gasteiger partial charge in [-0.05, 0) is 54.1 Å². The summed E-state index contributed by atoms with van der Waals surface area (Å²) >= 11 is 0. The number of aliphatic hydroxyl groups excluding tert-OH is 1. The number of pyridine rings is 1. The number of hydrogen-bond acceptors (Lipinski definition) is 4. The number of anilines is 1. The van der Waals surface area contributed by atoms with E-state index in [2.05, 4.69) is 22.1 Å². The quantitative estimate of drug-likeness (QED) is 0.577. The summed E-state index contributed by atoms with van der Waals surface area (Å²) in [5, 5.41) is 12.7. The van der Waals surface area contributed by atoms with Crippen LogP contribution in [0.5, 0.6) is 0 Å². The third kappa shape index (κ3) is 4.59. The van der Waals surface area contributed by atoms with Crippen LogP contribution in [0.15, 0.2) is 73.1 Å². The molecule has 35 heavy (non-hydrogen) atoms. The number of amides is 3. The molecular formula is C27H23FN4O3. The zero-order chi connectivity index (χ0) is 24.4. The first-order valence-corrected chi connectivity index (χ1v) is 11.3. The van der Waals surface area contributed by atoms with Crippen LogP contribution in [-0.2, 0) is 4.79 Å². The molecule has 0 saturated carbocycles. The number of hydrogen-bond donors (Lipinski definition) is 2. The van der Waals surface area contributed by atoms with Crippen LogP contribution in [0, 0.1) is 17.7 Å². The first kappa shape index (κ1) is 22.6. The molecule has 2 fully saturated rings. The van der Waals surface area contributed by atoms with Gasteiger partial charge in [-0.15, -0.1) is 0 Å². The maximum atomic E-state index is 13.1. The van der Waals surface area contributed by atoms with E-state index >= 15 is 0 Å². The Morgan fingerprint density at radius 2 is 1.83 bits per heavy atom. The maximum Gasteiger partial charge on any atom is 0.322 e. The average Bonchev–Trinajstić information content (AvgIpc) is 2.86. The fourth-order valence-electron chi connectivity index (χ4n) is 4.76. The van der Waals surface area contributed by atoms with E-state index in [0.29, 0.717) is 12.2 Å². The monoisotopic (exact) mass is 470 g/mol. The van der Waals surface area contributed by atoms with Crippen molar-refractivity contribution in [2.45, 2.75) is 18.0 Å². The third-order valence-corrected chi connectivity index (χ3v) is 6.44. The highest BCUT2D eigenvalue weighted by Crippen LogP contribution is 2.43. The molecule has 0 spiro atoms. The number of carbonyl (C=O) groups excluding carboxylic acids is 2. The zero-order valence-corrected chi connectivity index (χ0v) is 18.8. The smallest absolute Gasteiger partial charge is 0.322 e. The maximum absolute atomic E-state index is 13.1. The van der Waals surface area contributed by atoms with Gasteiger partial charge in [0, 0.05) is 41.7 Å². The van der Waals surface area contributed by atoms with Crippen molar-refractivity contribution in [3.8, 4) is 11.8 Å². The number of fused-ring (bicyclic) bond motifs is 1. The molecule has 1 aromatic heterocycles. The van der Waals surface area contributed by atoms with Gasteiger partial charge in [-0.2, -0.15) is 0 Å². The van der Waals surface area contributed by atoms with Gasteiger partial charge in [-0.1, -0.05) is 24.0 Å². The summed E-state index contributed by atoms with van der Waals surface area (Å²) in [6.45, 7) is 0.107. The summed E-state index contributed by atoms with van der Waals surface area (Å²) in [5.74, 6) is 5.48. The summed E-state index contributed by atoms with van der Waals surface area (Å²) in [6.07, 6.45) is 3.40. The number of halogens is 1. The average molecular weight is 471 g/mol. The molecule has 2 aliphatic heterocycles. The van der Waals surface area contributed by atoms with Crippen LogP contribution in [0.25, 0.3) is 0 Å². The van der Waals surface area contributed by atoms with Crippen molar-refractivity contribution in [1.29, 1.82) is 0 Å². The normalized spacial score (nSPS) is 20.9. The number of aromatic nitrogens is 1. The van der Waals surface area contributed by atoms with Crippen LogP contribution < -0.4 is 5.32 Å². The van der Waals surface area contributed by atoms with E-state index in [1.54, 1.807) is 17.3 Å². The predicted molar refractivity (Wildman–Crippen MR) is 128 cm³/mol. The van der Waals surface area contributed by atoms with Gasteiger partial charge in [-0.25, -0.2) is 9.18 Å². The lowest BCUT2D eigenvalue weighted by Gasteiger charge is -2.58. The fraction of sp³-hybridized carbons (Fsp3) is 0.222. The minimum absolute atomic E-state index is 0.0738. The van der Waals surface area contributed by atoms with Crippen molar-refractivity contribution in [2.24, 2.45) is 0 Å². The summed E-state index contributed by atoms with van der Waals surface area (Å²) < 4.78 is 13.1. The largest absolute Gasteiger partial charge is 0.394 e. The van der Waals surface area contributed by atoms with Crippen molar-refractivity contribution >= 4 is 17.6 Å². The summed E-state index contributed by atoms with van der Waals surface area (Å²) in [7, 11) is 0. The Labute approximate surface area is 202 Å². The highest BCUT2D eigenvalue weighted by Gasteiger charge is 2.54. The molecule has 0 aliphatic carbocycles. The van der Waals surface area contributed by atoms with Crippen LogP contribution in [0.4, 0.5) is 14.9 Å². The molecule has 2 aliphatic rings. The van der Waals surface area contributed by atoms with Gasteiger partial charge in [0.1, 0.15) is 12.4 Å². The summed E-state index contributed by atoms with van der Waals surface area (Å²) in [4.78, 5) is 32.8. The zero-order valence-electron chi connectivity index (χ0n) is 18.8. The van der Waals surface area contributed by atoms with Gasteiger partial charge in [0.25, 0.3) is 0 Å². The van der Waals surface area contributed by atoms with Crippen molar-refractivity contribution in [3.63, 3.8) is 0 Å². The molecule has 3 aromatic rings. The second-order valence-corrected chi connectivity index (χ2v) is 8.58. The first-order chi connectivity index (χ1) is 17.0. The molecule has 8 heteroatoms. The van der Waals surface area contributed by atoms with Crippen molar-refractivity contribution in [1.82, 2.24) is 14.8 Å². The Morgan fingerprint density at radius 1 is 1.09 bits per heavy atom. The van der Waals surface area contributed by atoms with Gasteiger partial charge in [-0.3, -0.25) is 9.78 Å². The van der Waals surface area contributed by atoms with Crippen LogP contribution in [-0.4, -0.2) is 63.6 Å². The number of aliphatic hydroxyl groups is 1. The Morgan fingerprint density at radius 3 is 2.51 bits per heavy atom. The fourth-order valence-corrected chi connectivity index (χ4v) is 4.76. The van der Waals surface area contributed by atoms with E-state index in [-0.39, 0.29) is 37.1 Å². The van der Waals surface area contributed by atoms with E-state index in [4.69, 9.17) is 0 Å². The number of rotatable bonds is 3. The van der Waals surface area contributed by atoms with E-state index in [1.165, 1.54) is 29.2 Å². The Bertz CT molecular complexity index is 1290. The molecule has 176 valence electrons. The van der Waals surface area contributed by atoms with Crippen molar-refractivity contribution in [3.05, 3.63) is 95.6 Å². The lowest BCUT2D eigenvalue weighted by atomic mass is 9.73. The molecule has 3 heterocycles. The first-order valence-electron chi connectivity index (χ1n) is 11.3. The summed E-state index contributed by atoms with van der Waals surface area (Å²) in [6, 6.07) is 15.9. The van der Waals surface area contributed by atoms with E-state index < -0.39 is 11.8 Å². The molecule has 7 nitrogen and oxygen atoms in total. The molecule has 3 amide bonds. The minimum atomic E-state index is -0.420. The Balaban J connectivity index is 1.30. The van der Waals surface area contributed by atoms with Crippen LogP contribution in [0.2, 0.25) is 0 Å². The molecule has 2 aromatic carbocycles. The molecular weight excluding hydrogens is 447 g/mol. The van der Waals surface area contributed by atoms with Gasteiger partial charge in [0.2, 0.25) is 5.91 Å². The molecule has 2 N–H and O–H groups in total. The third-order valence-electron chi connectivity index (χ3n) is 6.44. The van der Waals surface area contributed by atoms with Crippen molar-refractivity contribution < 1.29 is 19.1 Å². The van der Waals surface area contributed by atoms with Crippen molar-refractivity contribution in [2.75, 3.05) is 25.0 Å². The summed E-state index contributed by atoms with van der Waals surface area (Å²) in [5.41, 5.74) is 3.10. The topological polar surface area (TPSA) is 85.8 Å². The second-order valence-electron chi connectivity index (χ2n) is 8.58. The number of urea groups is 1. The second kappa shape index (κ2) is 9.57. The number of piperazine rings is 1. The molecule has 2 saturated heterocycles. The lowest BCUT2D eigenvalue weighted by molar-refractivity contribution is -0.159. The minimum Gasteiger partial charge on any atom is -0.394 e. The molecule has 3 atom stereocenters. The number of benzene rings is 2. The van der Waals surface area contributed by atoms with Crippen LogP contribution >= 0.6 is 0 Å². The lowest BCUT2D eigenvalue weighted by Crippen LogP contribution is -2.73. The van der Waals surface area contributed by atoms with Crippen LogP contribution in [0.1, 0.15) is 22.6 Å². The van der Waals surface area contributed by atoms with Crippen LogP contribution in [0.3, 0.4) is 0 Å². The Hall–Kier alpha value is -4.22. The highest BCUT2D eigenvalue weighted by atomic mass is 19.1. The van der Waals surface area contributed by atoms with E-state index in [9.17, 15) is 19.1 Å². The number of carbonyl (C=O) groups is 2. The molecule has 0 radical (unpaired) electrons. The number of nitrogens with one attached hydrogen (secondary N) is 1. The van der Waals surface area contributed by atoms with Gasteiger partial charge in [0.15, 0.2) is 0 Å². The van der Waals surface area contributed by atoms with Gasteiger partial charge >= 0.3 is 6.03 Å². The van der Waals surface area contributed by atoms with E-state index in [0.717, 1.165) is 16.7 Å². The highest BCUT2D eigenvalue weighted by molar-refractivity contribution is 5.93. The molecule has 0 bridgehead atoms. The van der Waals surface area contributed by atoms with E-state index in [1.807, 2.05) is 36.4 Å². The molecule has 5 rings (SSSR count). The van der Waals surface area contributed by atoms with Gasteiger partial charge in [0.05, 0.1) is 18.7 Å². The van der Waals surface area contributed by atoms with Gasteiger partial charge < -0.3 is 20.2 Å². The molecule has 0 unspecified atom stereocenters. The standard InChI is InChI=1S/C27H23FN4O3/c28-21-9-11-22(12-10-21)30-27(35)31-15-23-26(24(17-33)32(23)25(34)16-31)20-7-5-18(6-8-20)3-4-19-2-1-13-29-14-19/h1-2,5-14,23-24,26,33H,15-17H2,(H,30,35)/t23-,24-,26-/m0/s1. The SMILES string of the molecule is O=C(Nc1ccc(F)cc1)N1CC(=O)N2[C@@H](CO)[C@@H](c3ccc(C#Cc4cccnc4)cc3)[C@@H]2C1. The Kier molecular flexibility index (Phi) is 6.17.